The molecule has 0 aliphatic rings. The van der Waals surface area contributed by atoms with Gasteiger partial charge in [-0.3, -0.25) is 4.98 Å². The van der Waals surface area contributed by atoms with Crippen LogP contribution in [0, 0.1) is 0 Å². The van der Waals surface area contributed by atoms with Crippen molar-refractivity contribution in [2.45, 2.75) is 13.0 Å². The van der Waals surface area contributed by atoms with Crippen LogP contribution in [0.2, 0.25) is 0 Å². The molecule has 0 aliphatic heterocycles. The van der Waals surface area contributed by atoms with E-state index in [-0.39, 0.29) is 17.5 Å². The first-order valence-electron chi connectivity index (χ1n) is 6.77. The molecule has 3 aromatic rings. The first-order chi connectivity index (χ1) is 10.2. The Kier molecular flexibility index (Phi) is 3.36. The summed E-state index contributed by atoms with van der Waals surface area (Å²) in [7, 11) is 0. The van der Waals surface area contributed by atoms with Crippen molar-refractivity contribution in [3.8, 4) is 11.5 Å². The minimum Gasteiger partial charge on any atom is -0.507 e. The van der Waals surface area contributed by atoms with Crippen LogP contribution < -0.4 is 5.32 Å². The van der Waals surface area contributed by atoms with E-state index in [9.17, 15) is 10.2 Å². The summed E-state index contributed by atoms with van der Waals surface area (Å²) in [5.41, 5.74) is 1.40. The summed E-state index contributed by atoms with van der Waals surface area (Å²) in [5.74, 6) is 0.154. The number of aromatic nitrogens is 1. The average Bonchev–Trinajstić information content (AvgIpc) is 2.47. The first-order valence-corrected chi connectivity index (χ1v) is 6.77. The summed E-state index contributed by atoms with van der Waals surface area (Å²) in [6.07, 6.45) is 3.56. The van der Waals surface area contributed by atoms with Gasteiger partial charge in [0.1, 0.15) is 11.5 Å². The lowest BCUT2D eigenvalue weighted by atomic mass is 10.0. The molecule has 0 radical (unpaired) electrons. The van der Waals surface area contributed by atoms with E-state index in [1.807, 2.05) is 31.2 Å². The smallest absolute Gasteiger partial charge is 0.124 e. The third-order valence-corrected chi connectivity index (χ3v) is 3.55. The molecule has 0 fully saturated rings. The maximum absolute atomic E-state index is 9.94. The molecule has 0 aliphatic carbocycles. The molecule has 0 saturated carbocycles. The largest absolute Gasteiger partial charge is 0.507 e. The number of benzene rings is 2. The standard InChI is InChI=1S/C17H16N2O2/c1-11(17-15(20)6-3-7-16(17)21)19-14-5-2-4-12-8-9-18-10-13(12)14/h2-11,19-21H,1H3. The Morgan fingerprint density at radius 2 is 1.71 bits per heavy atom. The monoisotopic (exact) mass is 280 g/mol. The summed E-state index contributed by atoms with van der Waals surface area (Å²) in [6.45, 7) is 1.89. The molecule has 3 rings (SSSR count). The minimum atomic E-state index is -0.239. The van der Waals surface area contributed by atoms with Crippen molar-refractivity contribution >= 4 is 16.5 Å². The fourth-order valence-electron chi connectivity index (χ4n) is 2.53. The van der Waals surface area contributed by atoms with E-state index >= 15 is 0 Å². The Balaban J connectivity index is 1.99. The van der Waals surface area contributed by atoms with Gasteiger partial charge in [-0.1, -0.05) is 18.2 Å². The molecule has 1 aromatic heterocycles. The van der Waals surface area contributed by atoms with Gasteiger partial charge in [-0.15, -0.1) is 0 Å². The second-order valence-electron chi connectivity index (χ2n) is 4.98. The number of phenolic OH excluding ortho intramolecular Hbond substituents is 2. The van der Waals surface area contributed by atoms with Crippen molar-refractivity contribution in [1.29, 1.82) is 0 Å². The molecule has 21 heavy (non-hydrogen) atoms. The van der Waals surface area contributed by atoms with E-state index in [2.05, 4.69) is 10.3 Å². The number of pyridine rings is 1. The van der Waals surface area contributed by atoms with Crippen LogP contribution in [0.5, 0.6) is 11.5 Å². The van der Waals surface area contributed by atoms with E-state index in [0.717, 1.165) is 16.5 Å². The molecule has 4 heteroatoms. The van der Waals surface area contributed by atoms with Gasteiger partial charge in [-0.2, -0.15) is 0 Å². The summed E-state index contributed by atoms with van der Waals surface area (Å²) < 4.78 is 0. The molecular weight excluding hydrogens is 264 g/mol. The molecular formula is C17H16N2O2. The molecule has 4 nitrogen and oxygen atoms in total. The molecule has 3 N–H and O–H groups in total. The Hall–Kier alpha value is -2.75. The van der Waals surface area contributed by atoms with Gasteiger partial charge in [0.2, 0.25) is 0 Å². The van der Waals surface area contributed by atoms with E-state index < -0.39 is 0 Å². The molecule has 1 unspecified atom stereocenters. The van der Waals surface area contributed by atoms with Crippen LogP contribution in [0.15, 0.2) is 54.9 Å². The Morgan fingerprint density at radius 3 is 2.48 bits per heavy atom. The number of nitrogens with zero attached hydrogens (tertiary/aromatic N) is 1. The Bertz CT molecular complexity index is 761. The van der Waals surface area contributed by atoms with Crippen LogP contribution in [0.3, 0.4) is 0 Å². The molecule has 0 spiro atoms. The van der Waals surface area contributed by atoms with Crippen LogP contribution in [0.1, 0.15) is 18.5 Å². The number of hydrogen-bond acceptors (Lipinski definition) is 4. The average molecular weight is 280 g/mol. The Labute approximate surface area is 122 Å². The van der Waals surface area contributed by atoms with Gasteiger partial charge >= 0.3 is 0 Å². The third kappa shape index (κ3) is 2.48. The van der Waals surface area contributed by atoms with Crippen LogP contribution in [0.25, 0.3) is 10.8 Å². The van der Waals surface area contributed by atoms with Crippen molar-refractivity contribution < 1.29 is 10.2 Å². The maximum atomic E-state index is 9.94. The van der Waals surface area contributed by atoms with Gasteiger partial charge in [0.05, 0.1) is 11.6 Å². The Morgan fingerprint density at radius 1 is 1.00 bits per heavy atom. The van der Waals surface area contributed by atoms with E-state index in [1.165, 1.54) is 0 Å². The lowest BCUT2D eigenvalue weighted by molar-refractivity contribution is 0.434. The predicted molar refractivity (Wildman–Crippen MR) is 83.6 cm³/mol. The van der Waals surface area contributed by atoms with Gasteiger partial charge in [-0.05, 0) is 36.6 Å². The van der Waals surface area contributed by atoms with Crippen LogP contribution in [0.4, 0.5) is 5.69 Å². The zero-order chi connectivity index (χ0) is 14.8. The zero-order valence-electron chi connectivity index (χ0n) is 11.6. The van der Waals surface area contributed by atoms with Crippen molar-refractivity contribution in [2.75, 3.05) is 5.32 Å². The number of rotatable bonds is 3. The van der Waals surface area contributed by atoms with Crippen molar-refractivity contribution in [1.82, 2.24) is 4.98 Å². The second-order valence-corrected chi connectivity index (χ2v) is 4.98. The molecule has 1 atom stereocenters. The highest BCUT2D eigenvalue weighted by molar-refractivity contribution is 5.93. The van der Waals surface area contributed by atoms with E-state index in [0.29, 0.717) is 5.56 Å². The lowest BCUT2D eigenvalue weighted by Gasteiger charge is -2.19. The number of aromatic hydroxyl groups is 2. The van der Waals surface area contributed by atoms with Gasteiger partial charge < -0.3 is 15.5 Å². The van der Waals surface area contributed by atoms with Crippen LogP contribution in [-0.2, 0) is 0 Å². The van der Waals surface area contributed by atoms with Crippen molar-refractivity contribution in [3.63, 3.8) is 0 Å². The summed E-state index contributed by atoms with van der Waals surface area (Å²) in [4.78, 5) is 4.15. The SMILES string of the molecule is CC(Nc1cccc2ccncc12)c1c(O)cccc1O. The third-order valence-electron chi connectivity index (χ3n) is 3.55. The van der Waals surface area contributed by atoms with Gasteiger partial charge in [0.15, 0.2) is 0 Å². The normalized spacial score (nSPS) is 12.2. The summed E-state index contributed by atoms with van der Waals surface area (Å²) >= 11 is 0. The number of anilines is 1. The van der Waals surface area contributed by atoms with Crippen molar-refractivity contribution in [3.05, 3.63) is 60.4 Å². The summed E-state index contributed by atoms with van der Waals surface area (Å²) in [6, 6.07) is 12.4. The maximum Gasteiger partial charge on any atom is 0.124 e. The fourth-order valence-corrected chi connectivity index (χ4v) is 2.53. The molecule has 0 amide bonds. The highest BCUT2D eigenvalue weighted by atomic mass is 16.3. The molecule has 2 aromatic carbocycles. The minimum absolute atomic E-state index is 0.0772. The van der Waals surface area contributed by atoms with E-state index in [4.69, 9.17) is 0 Å². The number of nitrogens with one attached hydrogen (secondary N) is 1. The molecule has 0 saturated heterocycles. The molecule has 1 heterocycles. The van der Waals surface area contributed by atoms with Gasteiger partial charge in [0, 0.05) is 23.5 Å². The number of fused-ring (bicyclic) bond motifs is 1. The second kappa shape index (κ2) is 5.32. The van der Waals surface area contributed by atoms with E-state index in [1.54, 1.807) is 30.6 Å². The van der Waals surface area contributed by atoms with Crippen molar-refractivity contribution in [2.24, 2.45) is 0 Å². The quantitative estimate of drug-likeness (QED) is 0.682. The topological polar surface area (TPSA) is 65.4 Å². The first kappa shape index (κ1) is 13.2. The summed E-state index contributed by atoms with van der Waals surface area (Å²) in [5, 5.41) is 25.3. The molecule has 106 valence electrons. The number of hydrogen-bond donors (Lipinski definition) is 3. The lowest BCUT2D eigenvalue weighted by Crippen LogP contribution is -2.07. The molecule has 0 bridgehead atoms. The van der Waals surface area contributed by atoms with Gasteiger partial charge in [-0.25, -0.2) is 0 Å². The highest BCUT2D eigenvalue weighted by Gasteiger charge is 2.15. The van der Waals surface area contributed by atoms with Crippen LogP contribution >= 0.6 is 0 Å². The van der Waals surface area contributed by atoms with Crippen LogP contribution in [-0.4, -0.2) is 15.2 Å². The van der Waals surface area contributed by atoms with Gasteiger partial charge in [0.25, 0.3) is 0 Å². The zero-order valence-corrected chi connectivity index (χ0v) is 11.6. The fraction of sp³-hybridized carbons (Fsp3) is 0.118. The highest BCUT2D eigenvalue weighted by Crippen LogP contribution is 2.35. The number of phenols is 2. The predicted octanol–water partition coefficient (Wildman–Crippen LogP) is 3.82.